The van der Waals surface area contributed by atoms with Crippen LogP contribution in [-0.4, -0.2) is 18.7 Å². The van der Waals surface area contributed by atoms with Gasteiger partial charge in [0.05, 0.1) is 6.10 Å². The van der Waals surface area contributed by atoms with E-state index in [1.54, 1.807) is 0 Å². The van der Waals surface area contributed by atoms with Gasteiger partial charge in [-0.2, -0.15) is 0 Å². The lowest BCUT2D eigenvalue weighted by atomic mass is 9.67. The molecule has 1 saturated carbocycles. The van der Waals surface area contributed by atoms with Gasteiger partial charge in [0.1, 0.15) is 0 Å². The Morgan fingerprint density at radius 3 is 2.50 bits per heavy atom. The van der Waals surface area contributed by atoms with Gasteiger partial charge in [-0.15, -0.1) is 0 Å². The van der Waals surface area contributed by atoms with Gasteiger partial charge in [0.2, 0.25) is 0 Å². The highest BCUT2D eigenvalue weighted by atomic mass is 16.6. The number of alkyl carbamates (subject to hydrolysis) is 1. The van der Waals surface area contributed by atoms with Crippen molar-refractivity contribution in [2.75, 3.05) is 6.54 Å². The molecule has 0 aromatic carbocycles. The minimum atomic E-state index is -0.278. The number of amides is 1. The minimum Gasteiger partial charge on any atom is -0.447 e. The SMILES string of the molecule is CCC1(CNC(=O)OC(C)C)CCC1. The van der Waals surface area contributed by atoms with E-state index < -0.39 is 0 Å². The molecule has 3 nitrogen and oxygen atoms in total. The lowest BCUT2D eigenvalue weighted by molar-refractivity contribution is 0.0915. The third-order valence-electron chi connectivity index (χ3n) is 3.11. The van der Waals surface area contributed by atoms with Gasteiger partial charge in [0.25, 0.3) is 0 Å². The van der Waals surface area contributed by atoms with E-state index in [9.17, 15) is 4.79 Å². The number of carbonyl (C=O) groups is 1. The van der Waals surface area contributed by atoms with Gasteiger partial charge in [0.15, 0.2) is 0 Å². The van der Waals surface area contributed by atoms with Crippen molar-refractivity contribution in [2.45, 2.75) is 52.6 Å². The largest absolute Gasteiger partial charge is 0.447 e. The van der Waals surface area contributed by atoms with Crippen LogP contribution in [0.1, 0.15) is 46.5 Å². The minimum absolute atomic E-state index is 0.0334. The molecule has 1 N–H and O–H groups in total. The topological polar surface area (TPSA) is 38.3 Å². The first-order valence-electron chi connectivity index (χ1n) is 5.52. The average molecular weight is 199 g/mol. The predicted molar refractivity (Wildman–Crippen MR) is 56.2 cm³/mol. The highest BCUT2D eigenvalue weighted by molar-refractivity contribution is 5.67. The second-order valence-corrected chi connectivity index (χ2v) is 4.51. The molecule has 1 rings (SSSR count). The van der Waals surface area contributed by atoms with Crippen LogP contribution in [0, 0.1) is 5.41 Å². The maximum absolute atomic E-state index is 11.2. The number of hydrogen-bond acceptors (Lipinski definition) is 2. The summed E-state index contributed by atoms with van der Waals surface area (Å²) < 4.78 is 5.01. The molecule has 0 saturated heterocycles. The lowest BCUT2D eigenvalue weighted by Crippen LogP contribution is -2.42. The van der Waals surface area contributed by atoms with Gasteiger partial charge >= 0.3 is 6.09 Å². The first-order valence-corrected chi connectivity index (χ1v) is 5.52. The van der Waals surface area contributed by atoms with Crippen LogP contribution >= 0.6 is 0 Å². The third kappa shape index (κ3) is 2.89. The van der Waals surface area contributed by atoms with Gasteiger partial charge in [-0.3, -0.25) is 0 Å². The summed E-state index contributed by atoms with van der Waals surface area (Å²) in [5, 5.41) is 2.85. The van der Waals surface area contributed by atoms with Crippen molar-refractivity contribution >= 4 is 6.09 Å². The standard InChI is InChI=1S/C11H21NO2/c1-4-11(6-5-7-11)8-12-10(13)14-9(2)3/h9H,4-8H2,1-3H3,(H,12,13). The monoisotopic (exact) mass is 199 g/mol. The van der Waals surface area contributed by atoms with Crippen molar-refractivity contribution in [2.24, 2.45) is 5.41 Å². The Morgan fingerprint density at radius 1 is 1.50 bits per heavy atom. The molecule has 0 aliphatic heterocycles. The summed E-state index contributed by atoms with van der Waals surface area (Å²) in [5.74, 6) is 0. The van der Waals surface area contributed by atoms with Crippen molar-refractivity contribution in [1.29, 1.82) is 0 Å². The smallest absolute Gasteiger partial charge is 0.407 e. The molecule has 1 aliphatic rings. The van der Waals surface area contributed by atoms with Gasteiger partial charge in [-0.05, 0) is 38.5 Å². The van der Waals surface area contributed by atoms with E-state index in [4.69, 9.17) is 4.74 Å². The predicted octanol–water partition coefficient (Wildman–Crippen LogP) is 2.70. The summed E-state index contributed by atoms with van der Waals surface area (Å²) in [6.45, 7) is 6.68. The van der Waals surface area contributed by atoms with Crippen molar-refractivity contribution in [1.82, 2.24) is 5.32 Å². The molecule has 82 valence electrons. The van der Waals surface area contributed by atoms with Crippen molar-refractivity contribution in [3.63, 3.8) is 0 Å². The Balaban J connectivity index is 2.22. The molecule has 0 unspecified atom stereocenters. The van der Waals surface area contributed by atoms with E-state index in [2.05, 4.69) is 12.2 Å². The Kier molecular flexibility index (Phi) is 3.78. The fourth-order valence-electron chi connectivity index (χ4n) is 1.85. The maximum atomic E-state index is 11.2. The Labute approximate surface area is 86.2 Å². The van der Waals surface area contributed by atoms with E-state index in [-0.39, 0.29) is 12.2 Å². The summed E-state index contributed by atoms with van der Waals surface area (Å²) >= 11 is 0. The van der Waals surface area contributed by atoms with Crippen LogP contribution in [0.3, 0.4) is 0 Å². The zero-order chi connectivity index (χ0) is 10.6. The molecule has 0 atom stereocenters. The number of hydrogen-bond donors (Lipinski definition) is 1. The molecular formula is C11H21NO2. The normalized spacial score (nSPS) is 18.9. The van der Waals surface area contributed by atoms with E-state index in [1.807, 2.05) is 13.8 Å². The van der Waals surface area contributed by atoms with Gasteiger partial charge in [-0.25, -0.2) is 4.79 Å². The number of ether oxygens (including phenoxy) is 1. The Morgan fingerprint density at radius 2 is 2.14 bits per heavy atom. The zero-order valence-corrected chi connectivity index (χ0v) is 9.43. The van der Waals surface area contributed by atoms with Crippen LogP contribution in [0.2, 0.25) is 0 Å². The number of nitrogens with one attached hydrogen (secondary N) is 1. The fraction of sp³-hybridized carbons (Fsp3) is 0.909. The van der Waals surface area contributed by atoms with Crippen LogP contribution < -0.4 is 5.32 Å². The molecule has 0 heterocycles. The lowest BCUT2D eigenvalue weighted by Gasteiger charge is -2.41. The Hall–Kier alpha value is -0.730. The summed E-state index contributed by atoms with van der Waals surface area (Å²) in [6.07, 6.45) is 4.62. The second kappa shape index (κ2) is 4.67. The molecular weight excluding hydrogens is 178 g/mol. The van der Waals surface area contributed by atoms with Crippen LogP contribution in [0.4, 0.5) is 4.79 Å². The van der Waals surface area contributed by atoms with E-state index >= 15 is 0 Å². The molecule has 0 radical (unpaired) electrons. The number of rotatable bonds is 4. The molecule has 14 heavy (non-hydrogen) atoms. The van der Waals surface area contributed by atoms with Crippen LogP contribution in [0.5, 0.6) is 0 Å². The van der Waals surface area contributed by atoms with Crippen LogP contribution in [-0.2, 0) is 4.74 Å². The first-order chi connectivity index (χ1) is 6.58. The molecule has 0 spiro atoms. The van der Waals surface area contributed by atoms with Gasteiger partial charge < -0.3 is 10.1 Å². The number of carbonyl (C=O) groups excluding carboxylic acids is 1. The first kappa shape index (κ1) is 11.3. The molecule has 1 amide bonds. The molecule has 0 aromatic heterocycles. The second-order valence-electron chi connectivity index (χ2n) is 4.51. The highest BCUT2D eigenvalue weighted by Gasteiger charge is 2.35. The van der Waals surface area contributed by atoms with E-state index in [0.717, 1.165) is 13.0 Å². The van der Waals surface area contributed by atoms with Crippen LogP contribution in [0.25, 0.3) is 0 Å². The van der Waals surface area contributed by atoms with Crippen molar-refractivity contribution in [3.05, 3.63) is 0 Å². The van der Waals surface area contributed by atoms with Gasteiger partial charge in [-0.1, -0.05) is 13.3 Å². The van der Waals surface area contributed by atoms with E-state index in [1.165, 1.54) is 19.3 Å². The molecule has 3 heteroatoms. The zero-order valence-electron chi connectivity index (χ0n) is 9.43. The summed E-state index contributed by atoms with van der Waals surface area (Å²) in [6, 6.07) is 0. The van der Waals surface area contributed by atoms with Crippen molar-refractivity contribution < 1.29 is 9.53 Å². The van der Waals surface area contributed by atoms with Crippen molar-refractivity contribution in [3.8, 4) is 0 Å². The molecule has 1 fully saturated rings. The Bertz CT molecular complexity index is 192. The van der Waals surface area contributed by atoms with Crippen LogP contribution in [0.15, 0.2) is 0 Å². The van der Waals surface area contributed by atoms with Gasteiger partial charge in [0, 0.05) is 6.54 Å². The fourth-order valence-corrected chi connectivity index (χ4v) is 1.85. The highest BCUT2D eigenvalue weighted by Crippen LogP contribution is 2.42. The quantitative estimate of drug-likeness (QED) is 0.756. The molecule has 0 aromatic rings. The summed E-state index contributed by atoms with van der Waals surface area (Å²) in [5.41, 5.74) is 0.371. The average Bonchev–Trinajstić information content (AvgIpc) is 2.01. The molecule has 1 aliphatic carbocycles. The maximum Gasteiger partial charge on any atom is 0.407 e. The van der Waals surface area contributed by atoms with E-state index in [0.29, 0.717) is 5.41 Å². The summed E-state index contributed by atoms with van der Waals surface area (Å²) in [7, 11) is 0. The third-order valence-corrected chi connectivity index (χ3v) is 3.11. The molecule has 0 bridgehead atoms. The summed E-state index contributed by atoms with van der Waals surface area (Å²) in [4.78, 5) is 11.2.